The zero-order valence-electron chi connectivity index (χ0n) is 5.54. The minimum Gasteiger partial charge on any atom is -0.351 e. The lowest BCUT2D eigenvalue weighted by Gasteiger charge is -1.98. The summed E-state index contributed by atoms with van der Waals surface area (Å²) in [5.41, 5.74) is 0. The summed E-state index contributed by atoms with van der Waals surface area (Å²) in [6.45, 7) is 0. The van der Waals surface area contributed by atoms with Crippen molar-refractivity contribution in [3.05, 3.63) is 18.5 Å². The maximum Gasteiger partial charge on any atom is 0.222 e. The van der Waals surface area contributed by atoms with Crippen molar-refractivity contribution >= 4 is 5.95 Å². The van der Waals surface area contributed by atoms with Crippen molar-refractivity contribution < 1.29 is 0 Å². The molecule has 0 bridgehead atoms. The van der Waals surface area contributed by atoms with Crippen molar-refractivity contribution in [2.45, 2.75) is 18.9 Å². The highest BCUT2D eigenvalue weighted by Gasteiger charge is 2.21. The number of nitrogens with zero attached hydrogens (tertiary/aromatic N) is 2. The molecule has 3 heteroatoms. The Morgan fingerprint density at radius 1 is 1.40 bits per heavy atom. The molecule has 0 amide bonds. The lowest BCUT2D eigenvalue weighted by molar-refractivity contribution is 1.05. The van der Waals surface area contributed by atoms with Gasteiger partial charge in [-0.15, -0.1) is 0 Å². The number of rotatable bonds is 2. The van der Waals surface area contributed by atoms with E-state index in [0.29, 0.717) is 6.04 Å². The summed E-state index contributed by atoms with van der Waals surface area (Å²) in [7, 11) is 0. The van der Waals surface area contributed by atoms with E-state index in [2.05, 4.69) is 21.4 Å². The lowest BCUT2D eigenvalue weighted by atomic mass is 10.6. The molecule has 1 saturated carbocycles. The molecule has 1 aromatic heterocycles. The van der Waals surface area contributed by atoms with Gasteiger partial charge in [0.1, 0.15) is 0 Å². The smallest absolute Gasteiger partial charge is 0.222 e. The first-order valence-electron chi connectivity index (χ1n) is 3.40. The van der Waals surface area contributed by atoms with Crippen LogP contribution in [0, 0.1) is 6.07 Å². The summed E-state index contributed by atoms with van der Waals surface area (Å²) in [6, 6.07) is 3.39. The molecule has 10 heavy (non-hydrogen) atoms. The van der Waals surface area contributed by atoms with Gasteiger partial charge in [0.15, 0.2) is 0 Å². The van der Waals surface area contributed by atoms with Gasteiger partial charge < -0.3 is 5.32 Å². The van der Waals surface area contributed by atoms with Gasteiger partial charge in [0.05, 0.1) is 0 Å². The molecule has 0 unspecified atom stereocenters. The van der Waals surface area contributed by atoms with Gasteiger partial charge in [-0.05, 0) is 12.8 Å². The molecular weight excluding hydrogens is 126 g/mol. The van der Waals surface area contributed by atoms with Gasteiger partial charge in [-0.25, -0.2) is 9.97 Å². The van der Waals surface area contributed by atoms with E-state index in [9.17, 15) is 0 Å². The fraction of sp³-hybridized carbons (Fsp3) is 0.429. The van der Waals surface area contributed by atoms with Crippen LogP contribution in [0.1, 0.15) is 12.8 Å². The molecule has 1 aliphatic rings. The molecule has 51 valence electrons. The summed E-state index contributed by atoms with van der Waals surface area (Å²) >= 11 is 0. The number of hydrogen-bond donors (Lipinski definition) is 1. The van der Waals surface area contributed by atoms with Crippen LogP contribution in [0.3, 0.4) is 0 Å². The van der Waals surface area contributed by atoms with Crippen LogP contribution in [-0.2, 0) is 0 Å². The Morgan fingerprint density at radius 2 is 2.10 bits per heavy atom. The van der Waals surface area contributed by atoms with Crippen LogP contribution in [0.2, 0.25) is 0 Å². The van der Waals surface area contributed by atoms with Crippen molar-refractivity contribution in [3.8, 4) is 0 Å². The Balaban J connectivity index is 2.03. The van der Waals surface area contributed by atoms with Gasteiger partial charge in [-0.1, -0.05) is 0 Å². The van der Waals surface area contributed by atoms with Crippen molar-refractivity contribution in [3.63, 3.8) is 0 Å². The molecule has 3 nitrogen and oxygen atoms in total. The van der Waals surface area contributed by atoms with Gasteiger partial charge in [-0.2, -0.15) is 0 Å². The predicted molar refractivity (Wildman–Crippen MR) is 37.5 cm³/mol. The maximum atomic E-state index is 3.98. The molecule has 1 fully saturated rings. The zero-order chi connectivity index (χ0) is 6.81. The predicted octanol–water partition coefficient (Wildman–Crippen LogP) is 0.851. The topological polar surface area (TPSA) is 37.8 Å². The lowest BCUT2D eigenvalue weighted by Crippen LogP contribution is -2.03. The van der Waals surface area contributed by atoms with Crippen LogP contribution < -0.4 is 5.32 Å². The van der Waals surface area contributed by atoms with Crippen LogP contribution in [0.5, 0.6) is 0 Å². The van der Waals surface area contributed by atoms with E-state index >= 15 is 0 Å². The Kier molecular flexibility index (Phi) is 1.27. The minimum absolute atomic E-state index is 0.627. The molecular formula is C7H8N3. The number of hydrogen-bond acceptors (Lipinski definition) is 3. The largest absolute Gasteiger partial charge is 0.351 e. The first kappa shape index (κ1) is 5.65. The number of anilines is 1. The second kappa shape index (κ2) is 2.25. The van der Waals surface area contributed by atoms with Crippen molar-refractivity contribution in [2.24, 2.45) is 0 Å². The van der Waals surface area contributed by atoms with Crippen LogP contribution in [-0.4, -0.2) is 16.0 Å². The standard InChI is InChI=1S/C7H8N3/c1-4-8-7(9-5-1)10-6-2-3-6/h4-6H,2-3H2,(H,8,9,10). The highest BCUT2D eigenvalue weighted by atomic mass is 15.1. The van der Waals surface area contributed by atoms with Crippen molar-refractivity contribution in [1.82, 2.24) is 9.97 Å². The summed E-state index contributed by atoms with van der Waals surface area (Å²) in [5.74, 6) is 0.723. The highest BCUT2D eigenvalue weighted by molar-refractivity contribution is 5.26. The number of nitrogens with one attached hydrogen (secondary N) is 1. The molecule has 1 N–H and O–H groups in total. The summed E-state index contributed by atoms with van der Waals surface area (Å²) in [4.78, 5) is 7.96. The summed E-state index contributed by atoms with van der Waals surface area (Å²) in [5, 5.41) is 3.17. The van der Waals surface area contributed by atoms with E-state index in [0.717, 1.165) is 5.95 Å². The molecule has 2 rings (SSSR count). The summed E-state index contributed by atoms with van der Waals surface area (Å²) in [6.07, 6.45) is 5.75. The molecule has 0 aliphatic heterocycles. The molecule has 0 aromatic carbocycles. The third-order valence-electron chi connectivity index (χ3n) is 1.43. The summed E-state index contributed by atoms with van der Waals surface area (Å²) < 4.78 is 0. The Bertz CT molecular complexity index is 205. The van der Waals surface area contributed by atoms with Crippen LogP contribution in [0.4, 0.5) is 5.95 Å². The molecule has 0 spiro atoms. The van der Waals surface area contributed by atoms with E-state index in [4.69, 9.17) is 0 Å². The Labute approximate surface area is 59.5 Å². The molecule has 0 saturated heterocycles. The fourth-order valence-electron chi connectivity index (χ4n) is 0.748. The van der Waals surface area contributed by atoms with Gasteiger partial charge in [-0.3, -0.25) is 0 Å². The normalized spacial score (nSPS) is 16.8. The molecule has 1 radical (unpaired) electrons. The van der Waals surface area contributed by atoms with Gasteiger partial charge in [0.25, 0.3) is 0 Å². The molecule has 1 heterocycles. The zero-order valence-corrected chi connectivity index (χ0v) is 5.54. The van der Waals surface area contributed by atoms with E-state index in [1.165, 1.54) is 12.8 Å². The van der Waals surface area contributed by atoms with Gasteiger partial charge >= 0.3 is 0 Å². The second-order valence-corrected chi connectivity index (χ2v) is 2.43. The maximum absolute atomic E-state index is 3.98. The molecule has 0 atom stereocenters. The number of aromatic nitrogens is 2. The van der Waals surface area contributed by atoms with E-state index in [-0.39, 0.29) is 0 Å². The minimum atomic E-state index is 0.627. The SMILES string of the molecule is [c]1cnc(NC2CC2)nc1. The third-order valence-corrected chi connectivity index (χ3v) is 1.43. The third kappa shape index (κ3) is 1.23. The van der Waals surface area contributed by atoms with Gasteiger partial charge in [0, 0.05) is 24.5 Å². The Hall–Kier alpha value is -1.12. The fourth-order valence-corrected chi connectivity index (χ4v) is 0.748. The van der Waals surface area contributed by atoms with Crippen molar-refractivity contribution in [1.29, 1.82) is 0 Å². The van der Waals surface area contributed by atoms with Gasteiger partial charge in [0.2, 0.25) is 5.95 Å². The second-order valence-electron chi connectivity index (χ2n) is 2.43. The molecule has 1 aromatic rings. The first-order valence-corrected chi connectivity index (χ1v) is 3.40. The van der Waals surface area contributed by atoms with E-state index in [1.807, 2.05) is 0 Å². The average Bonchev–Trinajstić information content (AvgIpc) is 2.74. The first-order chi connectivity index (χ1) is 4.95. The van der Waals surface area contributed by atoms with Crippen LogP contribution in [0.15, 0.2) is 12.4 Å². The van der Waals surface area contributed by atoms with E-state index < -0.39 is 0 Å². The molecule has 1 aliphatic carbocycles. The highest BCUT2D eigenvalue weighted by Crippen LogP contribution is 2.22. The van der Waals surface area contributed by atoms with Crippen molar-refractivity contribution in [2.75, 3.05) is 5.32 Å². The van der Waals surface area contributed by atoms with Crippen LogP contribution >= 0.6 is 0 Å². The quantitative estimate of drug-likeness (QED) is 0.651. The average molecular weight is 134 g/mol. The Morgan fingerprint density at radius 3 is 2.70 bits per heavy atom. The monoisotopic (exact) mass is 134 g/mol. The van der Waals surface area contributed by atoms with Crippen LogP contribution in [0.25, 0.3) is 0 Å². The van der Waals surface area contributed by atoms with E-state index in [1.54, 1.807) is 12.4 Å².